The summed E-state index contributed by atoms with van der Waals surface area (Å²) in [4.78, 5) is 4.13. The van der Waals surface area contributed by atoms with Crippen molar-refractivity contribution < 1.29 is 4.74 Å². The van der Waals surface area contributed by atoms with Crippen LogP contribution in [0.2, 0.25) is 0 Å². The Hall–Kier alpha value is -1.10. The number of halogens is 1. The number of rotatable bonds is 1. The minimum atomic E-state index is 0.601. The summed E-state index contributed by atoms with van der Waals surface area (Å²) in [5.41, 5.74) is 1.81. The van der Waals surface area contributed by atoms with Gasteiger partial charge in [-0.1, -0.05) is 0 Å². The van der Waals surface area contributed by atoms with Crippen molar-refractivity contribution in [3.63, 3.8) is 0 Å². The highest BCUT2D eigenvalue weighted by Gasteiger charge is 2.11. The Kier molecular flexibility index (Phi) is 1.95. The first-order valence-corrected chi connectivity index (χ1v) is 4.56. The second-order valence-electron chi connectivity index (χ2n) is 2.69. The van der Waals surface area contributed by atoms with Gasteiger partial charge in [-0.05, 0) is 22.9 Å². The van der Waals surface area contributed by atoms with E-state index in [2.05, 4.69) is 31.1 Å². The van der Waals surface area contributed by atoms with Gasteiger partial charge in [0.15, 0.2) is 0 Å². The molecule has 2 rings (SSSR count). The maximum atomic E-state index is 5.13. The number of aromatic amines is 1. The lowest BCUT2D eigenvalue weighted by Crippen LogP contribution is -1.88. The lowest BCUT2D eigenvalue weighted by molar-refractivity contribution is 0.403. The fraction of sp³-hybridized carbons (Fsp3) is 0.250. The largest absolute Gasteiger partial charge is 0.480 e. The van der Waals surface area contributed by atoms with E-state index in [9.17, 15) is 0 Å². The van der Waals surface area contributed by atoms with Crippen LogP contribution in [0, 0.1) is 6.92 Å². The second-order valence-corrected chi connectivity index (χ2v) is 3.54. The molecule has 0 amide bonds. The highest BCUT2D eigenvalue weighted by Crippen LogP contribution is 2.29. The molecule has 0 atom stereocenters. The van der Waals surface area contributed by atoms with Crippen molar-refractivity contribution in [3.8, 4) is 5.88 Å². The van der Waals surface area contributed by atoms with E-state index >= 15 is 0 Å². The Labute approximate surface area is 83.4 Å². The van der Waals surface area contributed by atoms with E-state index < -0.39 is 0 Å². The maximum absolute atomic E-state index is 5.13. The summed E-state index contributed by atoms with van der Waals surface area (Å²) in [5, 5.41) is 7.95. The Balaban J connectivity index is 2.88. The molecule has 0 unspecified atom stereocenters. The summed E-state index contributed by atoms with van der Waals surface area (Å²) >= 11 is 3.37. The molecule has 0 aliphatic carbocycles. The van der Waals surface area contributed by atoms with Crippen LogP contribution in [0.4, 0.5) is 0 Å². The Morgan fingerprint density at radius 3 is 3.00 bits per heavy atom. The molecule has 13 heavy (non-hydrogen) atoms. The van der Waals surface area contributed by atoms with Crippen molar-refractivity contribution >= 4 is 26.8 Å². The van der Waals surface area contributed by atoms with E-state index in [0.29, 0.717) is 5.88 Å². The lowest BCUT2D eigenvalue weighted by Gasteiger charge is -2.00. The maximum Gasteiger partial charge on any atom is 0.224 e. The van der Waals surface area contributed by atoms with Crippen LogP contribution in [0.3, 0.4) is 0 Å². The first-order chi connectivity index (χ1) is 6.24. The van der Waals surface area contributed by atoms with Gasteiger partial charge < -0.3 is 4.74 Å². The van der Waals surface area contributed by atoms with E-state index in [0.717, 1.165) is 21.1 Å². The zero-order valence-corrected chi connectivity index (χ0v) is 8.84. The Morgan fingerprint density at radius 1 is 1.54 bits per heavy atom. The summed E-state index contributed by atoms with van der Waals surface area (Å²) in [6.45, 7) is 1.94. The molecule has 0 aliphatic rings. The number of fused-ring (bicyclic) bond motifs is 1. The van der Waals surface area contributed by atoms with Gasteiger partial charge >= 0.3 is 0 Å². The fourth-order valence-electron chi connectivity index (χ4n) is 1.26. The van der Waals surface area contributed by atoms with Crippen molar-refractivity contribution in [2.24, 2.45) is 0 Å². The summed E-state index contributed by atoms with van der Waals surface area (Å²) < 4.78 is 6.00. The zero-order valence-electron chi connectivity index (χ0n) is 7.26. The van der Waals surface area contributed by atoms with Crippen LogP contribution in [0.5, 0.6) is 5.88 Å². The van der Waals surface area contributed by atoms with E-state index in [1.807, 2.05) is 6.92 Å². The van der Waals surface area contributed by atoms with Crippen molar-refractivity contribution in [1.29, 1.82) is 0 Å². The molecule has 5 heteroatoms. The number of nitrogens with zero attached hydrogens (tertiary/aromatic N) is 2. The first kappa shape index (κ1) is 8.50. The number of hydrogen-bond acceptors (Lipinski definition) is 3. The van der Waals surface area contributed by atoms with Gasteiger partial charge in [-0.25, -0.2) is 4.98 Å². The standard InChI is InChI=1S/C8H8BrN3O/c1-4-6-7(12-11-4)5(9)3-10-8(6)13-2/h3H,1-2H3,(H,11,12). The second kappa shape index (κ2) is 2.99. The van der Waals surface area contributed by atoms with Crippen molar-refractivity contribution in [2.45, 2.75) is 6.92 Å². The highest BCUT2D eigenvalue weighted by atomic mass is 79.9. The van der Waals surface area contributed by atoms with Gasteiger partial charge in [0, 0.05) is 11.9 Å². The minimum absolute atomic E-state index is 0.601. The van der Waals surface area contributed by atoms with Gasteiger partial charge in [-0.2, -0.15) is 5.10 Å². The molecule has 0 saturated heterocycles. The average Bonchev–Trinajstić information content (AvgIpc) is 2.51. The predicted molar refractivity (Wildman–Crippen MR) is 52.9 cm³/mol. The van der Waals surface area contributed by atoms with Crippen LogP contribution < -0.4 is 4.74 Å². The third-order valence-electron chi connectivity index (χ3n) is 1.88. The smallest absolute Gasteiger partial charge is 0.224 e. The third kappa shape index (κ3) is 1.19. The normalized spacial score (nSPS) is 10.7. The van der Waals surface area contributed by atoms with Crippen LogP contribution >= 0.6 is 15.9 Å². The first-order valence-electron chi connectivity index (χ1n) is 3.77. The minimum Gasteiger partial charge on any atom is -0.480 e. The molecule has 0 fully saturated rings. The summed E-state index contributed by atoms with van der Waals surface area (Å²) in [7, 11) is 1.60. The fourth-order valence-corrected chi connectivity index (χ4v) is 1.65. The number of aromatic nitrogens is 3. The lowest BCUT2D eigenvalue weighted by atomic mass is 10.2. The topological polar surface area (TPSA) is 50.8 Å². The molecule has 0 bridgehead atoms. The van der Waals surface area contributed by atoms with Gasteiger partial charge in [0.2, 0.25) is 5.88 Å². The number of nitrogens with one attached hydrogen (secondary N) is 1. The van der Waals surface area contributed by atoms with Crippen molar-refractivity contribution in [3.05, 3.63) is 16.4 Å². The molecule has 0 aromatic carbocycles. The molecule has 68 valence electrons. The van der Waals surface area contributed by atoms with Gasteiger partial charge in [0.25, 0.3) is 0 Å². The number of H-pyrrole nitrogens is 1. The molecule has 0 aliphatic heterocycles. The van der Waals surface area contributed by atoms with Crippen LogP contribution in [-0.2, 0) is 0 Å². The molecule has 4 nitrogen and oxygen atoms in total. The molecule has 2 aromatic heterocycles. The van der Waals surface area contributed by atoms with Crippen LogP contribution in [0.25, 0.3) is 10.9 Å². The molecule has 2 heterocycles. The molecule has 0 radical (unpaired) electrons. The third-order valence-corrected chi connectivity index (χ3v) is 2.46. The number of methoxy groups -OCH3 is 1. The quantitative estimate of drug-likeness (QED) is 0.832. The molecule has 2 aromatic rings. The average molecular weight is 242 g/mol. The molecule has 0 spiro atoms. The van der Waals surface area contributed by atoms with Crippen molar-refractivity contribution in [1.82, 2.24) is 15.2 Å². The summed E-state index contributed by atoms with van der Waals surface area (Å²) in [5.74, 6) is 0.601. The number of hydrogen-bond donors (Lipinski definition) is 1. The molecule has 1 N–H and O–H groups in total. The van der Waals surface area contributed by atoms with E-state index in [-0.39, 0.29) is 0 Å². The highest BCUT2D eigenvalue weighted by molar-refractivity contribution is 9.10. The molecule has 0 saturated carbocycles. The van der Waals surface area contributed by atoms with Crippen LogP contribution in [0.1, 0.15) is 5.69 Å². The monoisotopic (exact) mass is 241 g/mol. The molecular weight excluding hydrogens is 234 g/mol. The van der Waals surface area contributed by atoms with Gasteiger partial charge in [-0.15, -0.1) is 0 Å². The molecular formula is C8H8BrN3O. The number of aryl methyl sites for hydroxylation is 1. The van der Waals surface area contributed by atoms with Crippen molar-refractivity contribution in [2.75, 3.05) is 7.11 Å². The van der Waals surface area contributed by atoms with Gasteiger partial charge in [0.05, 0.1) is 17.0 Å². The SMILES string of the molecule is COc1ncc(Br)c2n[nH]c(C)c12. The van der Waals surface area contributed by atoms with Gasteiger partial charge in [0.1, 0.15) is 5.52 Å². The van der Waals surface area contributed by atoms with E-state index in [1.165, 1.54) is 0 Å². The van der Waals surface area contributed by atoms with E-state index in [1.54, 1.807) is 13.3 Å². The predicted octanol–water partition coefficient (Wildman–Crippen LogP) is 2.04. The zero-order chi connectivity index (χ0) is 9.42. The summed E-state index contributed by atoms with van der Waals surface area (Å²) in [6, 6.07) is 0. The van der Waals surface area contributed by atoms with Crippen LogP contribution in [0.15, 0.2) is 10.7 Å². The number of ether oxygens (including phenoxy) is 1. The van der Waals surface area contributed by atoms with Gasteiger partial charge in [-0.3, -0.25) is 5.10 Å². The van der Waals surface area contributed by atoms with E-state index in [4.69, 9.17) is 4.74 Å². The van der Waals surface area contributed by atoms with Crippen LogP contribution in [-0.4, -0.2) is 22.3 Å². The summed E-state index contributed by atoms with van der Waals surface area (Å²) in [6.07, 6.45) is 1.68. The Morgan fingerprint density at radius 2 is 2.31 bits per heavy atom. The number of pyridine rings is 1. The Bertz CT molecular complexity index is 452.